The fraction of sp³-hybridized carbons (Fsp3) is 0.455. The lowest BCUT2D eigenvalue weighted by atomic mass is 10.1. The van der Waals surface area contributed by atoms with E-state index in [1.807, 2.05) is 26.0 Å². The molecule has 1 heterocycles. The number of hydrogen-bond acceptors (Lipinski definition) is 4. The van der Waals surface area contributed by atoms with E-state index in [9.17, 15) is 4.79 Å². The predicted octanol–water partition coefficient (Wildman–Crippen LogP) is 1.45. The van der Waals surface area contributed by atoms with E-state index >= 15 is 0 Å². The summed E-state index contributed by atoms with van der Waals surface area (Å²) in [4.78, 5) is 16.4. The van der Waals surface area contributed by atoms with Crippen LogP contribution in [0.15, 0.2) is 29.4 Å². The average molecular weight is 276 g/mol. The summed E-state index contributed by atoms with van der Waals surface area (Å²) in [6, 6.07) is 3.76. The molecule has 1 amide bonds. The molecule has 1 aromatic rings. The summed E-state index contributed by atoms with van der Waals surface area (Å²) in [7, 11) is 0. The Kier molecular flexibility index (Phi) is 7.18. The Morgan fingerprint density at radius 3 is 2.59 bits per heavy atom. The molecule has 0 fully saturated rings. The zero-order valence-electron chi connectivity index (χ0n) is 9.97. The molecule has 0 aliphatic carbocycles. The molecule has 0 saturated carbocycles. The summed E-state index contributed by atoms with van der Waals surface area (Å²) in [5.74, 6) is 0.403. The van der Waals surface area contributed by atoms with E-state index in [4.69, 9.17) is 5.73 Å². The van der Waals surface area contributed by atoms with Gasteiger partial charge < -0.3 is 11.1 Å². The van der Waals surface area contributed by atoms with Crippen LogP contribution in [0.1, 0.15) is 13.8 Å². The van der Waals surface area contributed by atoms with E-state index in [0.29, 0.717) is 12.3 Å². The van der Waals surface area contributed by atoms with E-state index < -0.39 is 0 Å². The number of pyridine rings is 1. The molecular formula is C11H18ClN3OS. The van der Waals surface area contributed by atoms with E-state index in [1.54, 1.807) is 12.4 Å². The maximum absolute atomic E-state index is 11.5. The molecule has 0 bridgehead atoms. The van der Waals surface area contributed by atoms with Crippen molar-refractivity contribution in [2.45, 2.75) is 24.3 Å². The number of halogens is 1. The number of amides is 1. The number of carbonyl (C=O) groups excluding carboxylic acids is 1. The van der Waals surface area contributed by atoms with Crippen LogP contribution in [0.25, 0.3) is 0 Å². The third kappa shape index (κ3) is 8.01. The largest absolute Gasteiger partial charge is 0.354 e. The lowest BCUT2D eigenvalue weighted by molar-refractivity contribution is -0.118. The number of aromatic nitrogens is 1. The molecule has 0 aromatic carbocycles. The Labute approximate surface area is 112 Å². The van der Waals surface area contributed by atoms with Crippen LogP contribution in [-0.4, -0.2) is 28.7 Å². The summed E-state index contributed by atoms with van der Waals surface area (Å²) in [5, 5.41) is 2.79. The molecule has 0 unspecified atom stereocenters. The zero-order valence-corrected chi connectivity index (χ0v) is 11.6. The maximum atomic E-state index is 11.5. The van der Waals surface area contributed by atoms with E-state index in [-0.39, 0.29) is 23.9 Å². The SMILES string of the molecule is CC(C)(N)CNC(=O)CSc1ccncc1.Cl. The van der Waals surface area contributed by atoms with Crippen LogP contribution in [0.2, 0.25) is 0 Å². The molecule has 0 saturated heterocycles. The van der Waals surface area contributed by atoms with Gasteiger partial charge in [0.05, 0.1) is 5.75 Å². The smallest absolute Gasteiger partial charge is 0.230 e. The van der Waals surface area contributed by atoms with Crippen molar-refractivity contribution in [3.05, 3.63) is 24.5 Å². The molecule has 6 heteroatoms. The number of carbonyl (C=O) groups is 1. The van der Waals surface area contributed by atoms with Gasteiger partial charge >= 0.3 is 0 Å². The molecule has 4 nitrogen and oxygen atoms in total. The van der Waals surface area contributed by atoms with Crippen LogP contribution in [0.5, 0.6) is 0 Å². The Bertz CT molecular complexity index is 340. The van der Waals surface area contributed by atoms with Gasteiger partial charge in [-0.3, -0.25) is 9.78 Å². The molecule has 0 atom stereocenters. The average Bonchev–Trinajstić information content (AvgIpc) is 2.24. The van der Waals surface area contributed by atoms with Crippen molar-refractivity contribution in [3.63, 3.8) is 0 Å². The van der Waals surface area contributed by atoms with Gasteiger partial charge in [-0.05, 0) is 26.0 Å². The van der Waals surface area contributed by atoms with Crippen molar-refractivity contribution in [2.75, 3.05) is 12.3 Å². The lowest BCUT2D eigenvalue weighted by Crippen LogP contribution is -2.45. The van der Waals surface area contributed by atoms with Crippen LogP contribution >= 0.6 is 24.2 Å². The van der Waals surface area contributed by atoms with E-state index in [2.05, 4.69) is 10.3 Å². The quantitative estimate of drug-likeness (QED) is 0.798. The molecule has 0 aliphatic rings. The molecule has 0 spiro atoms. The van der Waals surface area contributed by atoms with Crippen LogP contribution in [0.4, 0.5) is 0 Å². The minimum absolute atomic E-state index is 0. The van der Waals surface area contributed by atoms with Gasteiger partial charge in [-0.2, -0.15) is 0 Å². The second-order valence-corrected chi connectivity index (χ2v) is 5.29. The second kappa shape index (κ2) is 7.53. The fourth-order valence-electron chi connectivity index (χ4n) is 0.961. The second-order valence-electron chi connectivity index (χ2n) is 4.24. The van der Waals surface area contributed by atoms with Gasteiger partial charge in [0.25, 0.3) is 0 Å². The third-order valence-corrected chi connectivity index (χ3v) is 2.77. The molecule has 0 radical (unpaired) electrons. The first-order valence-electron chi connectivity index (χ1n) is 5.06. The molecular weight excluding hydrogens is 258 g/mol. The molecule has 1 rings (SSSR count). The molecule has 3 N–H and O–H groups in total. The molecule has 17 heavy (non-hydrogen) atoms. The summed E-state index contributed by atoms with van der Waals surface area (Å²) >= 11 is 1.49. The van der Waals surface area contributed by atoms with Gasteiger partial charge in [0.2, 0.25) is 5.91 Å². The van der Waals surface area contributed by atoms with Gasteiger partial charge in [-0.15, -0.1) is 24.2 Å². The third-order valence-electron chi connectivity index (χ3n) is 1.76. The van der Waals surface area contributed by atoms with Crippen molar-refractivity contribution >= 4 is 30.1 Å². The number of nitrogens with two attached hydrogens (primary N) is 1. The number of nitrogens with zero attached hydrogens (tertiary/aromatic N) is 1. The Hall–Kier alpha value is -0.780. The first kappa shape index (κ1) is 16.2. The highest BCUT2D eigenvalue weighted by Gasteiger charge is 2.12. The normalized spacial score (nSPS) is 10.5. The van der Waals surface area contributed by atoms with Gasteiger partial charge in [0.15, 0.2) is 0 Å². The van der Waals surface area contributed by atoms with Crippen LogP contribution in [0.3, 0.4) is 0 Å². The topological polar surface area (TPSA) is 68.0 Å². The number of thioether (sulfide) groups is 1. The van der Waals surface area contributed by atoms with Crippen molar-refractivity contribution in [2.24, 2.45) is 5.73 Å². The monoisotopic (exact) mass is 275 g/mol. The summed E-state index contributed by atoms with van der Waals surface area (Å²) < 4.78 is 0. The minimum atomic E-state index is -0.364. The highest BCUT2D eigenvalue weighted by molar-refractivity contribution is 8.00. The number of hydrogen-bond donors (Lipinski definition) is 2. The van der Waals surface area contributed by atoms with Crippen molar-refractivity contribution in [1.29, 1.82) is 0 Å². The Morgan fingerprint density at radius 1 is 1.47 bits per heavy atom. The standard InChI is InChI=1S/C11H17N3OS.ClH/c1-11(2,12)8-14-10(15)7-16-9-3-5-13-6-4-9;/h3-6H,7-8,12H2,1-2H3,(H,14,15);1H. The first-order valence-corrected chi connectivity index (χ1v) is 6.04. The van der Waals surface area contributed by atoms with Gasteiger partial charge in [-0.1, -0.05) is 0 Å². The molecule has 0 aliphatic heterocycles. The van der Waals surface area contributed by atoms with Crippen LogP contribution in [-0.2, 0) is 4.79 Å². The van der Waals surface area contributed by atoms with Gasteiger partial charge in [0.1, 0.15) is 0 Å². The fourth-order valence-corrected chi connectivity index (χ4v) is 1.67. The van der Waals surface area contributed by atoms with Crippen LogP contribution in [0, 0.1) is 0 Å². The summed E-state index contributed by atoms with van der Waals surface area (Å²) in [6.45, 7) is 4.25. The Balaban J connectivity index is 0.00000256. The van der Waals surface area contributed by atoms with Crippen molar-refractivity contribution in [1.82, 2.24) is 10.3 Å². The van der Waals surface area contributed by atoms with E-state index in [1.165, 1.54) is 11.8 Å². The van der Waals surface area contributed by atoms with E-state index in [0.717, 1.165) is 4.90 Å². The zero-order chi connectivity index (χ0) is 12.0. The van der Waals surface area contributed by atoms with Gasteiger partial charge in [-0.25, -0.2) is 0 Å². The lowest BCUT2D eigenvalue weighted by Gasteiger charge is -2.18. The molecule has 1 aromatic heterocycles. The Morgan fingerprint density at radius 2 is 2.06 bits per heavy atom. The summed E-state index contributed by atoms with van der Waals surface area (Å²) in [5.41, 5.74) is 5.40. The van der Waals surface area contributed by atoms with Crippen LogP contribution < -0.4 is 11.1 Å². The first-order chi connectivity index (χ1) is 7.47. The number of rotatable bonds is 5. The van der Waals surface area contributed by atoms with Crippen molar-refractivity contribution in [3.8, 4) is 0 Å². The number of nitrogens with one attached hydrogen (secondary N) is 1. The van der Waals surface area contributed by atoms with Crippen molar-refractivity contribution < 1.29 is 4.79 Å². The molecule has 96 valence electrons. The highest BCUT2D eigenvalue weighted by Crippen LogP contribution is 2.15. The predicted molar refractivity (Wildman–Crippen MR) is 73.5 cm³/mol. The minimum Gasteiger partial charge on any atom is -0.354 e. The van der Waals surface area contributed by atoms with Gasteiger partial charge in [0, 0.05) is 29.4 Å². The highest BCUT2D eigenvalue weighted by atomic mass is 35.5. The summed E-state index contributed by atoms with van der Waals surface area (Å²) in [6.07, 6.45) is 3.42. The maximum Gasteiger partial charge on any atom is 0.230 e.